The minimum atomic E-state index is -0.219. The van der Waals surface area contributed by atoms with Gasteiger partial charge in [-0.2, -0.15) is 0 Å². The summed E-state index contributed by atoms with van der Waals surface area (Å²) in [6.45, 7) is 2.06. The maximum absolute atomic E-state index is 11.8. The van der Waals surface area contributed by atoms with Gasteiger partial charge in [-0.05, 0) is 51.6 Å². The monoisotopic (exact) mass is 283 g/mol. The first kappa shape index (κ1) is 15.3. The summed E-state index contributed by atoms with van der Waals surface area (Å²) >= 11 is 0. The smallest absolute Gasteiger partial charge is 0.246 e. The number of hydrogen-bond donors (Lipinski definition) is 3. The van der Waals surface area contributed by atoms with E-state index >= 15 is 0 Å². The van der Waals surface area contributed by atoms with Crippen molar-refractivity contribution in [3.05, 3.63) is 0 Å². The first-order valence-corrected chi connectivity index (χ1v) is 7.56. The lowest BCUT2D eigenvalue weighted by Gasteiger charge is -2.28. The van der Waals surface area contributed by atoms with Gasteiger partial charge in [0.1, 0.15) is 6.61 Å². The van der Waals surface area contributed by atoms with Crippen LogP contribution in [0.1, 0.15) is 38.5 Å². The zero-order chi connectivity index (χ0) is 14.4. The first-order chi connectivity index (χ1) is 9.65. The number of carbonyl (C=O) groups is 2. The Bertz CT molecular complexity index is 335. The largest absolute Gasteiger partial charge is 0.369 e. The molecule has 0 aromatic heterocycles. The second-order valence-electron chi connectivity index (χ2n) is 5.78. The quantitative estimate of drug-likeness (QED) is 0.657. The molecule has 2 aliphatic rings. The van der Waals surface area contributed by atoms with E-state index in [0.717, 1.165) is 51.6 Å². The lowest BCUT2D eigenvalue weighted by atomic mass is 9.85. The molecule has 1 aliphatic carbocycles. The molecule has 0 aromatic carbocycles. The highest BCUT2D eigenvalue weighted by Gasteiger charge is 2.25. The molecule has 2 rings (SSSR count). The Balaban J connectivity index is 1.61. The van der Waals surface area contributed by atoms with Gasteiger partial charge in [0.2, 0.25) is 11.8 Å². The third-order valence-corrected chi connectivity index (χ3v) is 4.23. The van der Waals surface area contributed by atoms with Crippen molar-refractivity contribution in [3.8, 4) is 0 Å². The third kappa shape index (κ3) is 4.76. The Morgan fingerprint density at radius 1 is 1.10 bits per heavy atom. The molecule has 6 heteroatoms. The molecule has 0 unspecified atom stereocenters. The first-order valence-electron chi connectivity index (χ1n) is 7.56. The predicted octanol–water partition coefficient (Wildman–Crippen LogP) is -0.0847. The summed E-state index contributed by atoms with van der Waals surface area (Å²) in [7, 11) is 0. The Morgan fingerprint density at radius 2 is 1.75 bits per heavy atom. The summed E-state index contributed by atoms with van der Waals surface area (Å²) in [6.07, 6.45) is 5.34. The van der Waals surface area contributed by atoms with E-state index in [1.165, 1.54) is 0 Å². The molecular formula is C14H25N3O3. The van der Waals surface area contributed by atoms with E-state index in [-0.39, 0.29) is 36.5 Å². The van der Waals surface area contributed by atoms with Crippen LogP contribution in [0.2, 0.25) is 0 Å². The molecule has 1 aliphatic heterocycles. The number of amides is 2. The standard InChI is InChI=1S/C14H25N3O3/c15-14(19)10-1-3-11(4-2-10)17-13(18)9-20-12-5-7-16-8-6-12/h10-12,16H,1-9H2,(H2,15,19)(H,17,18). The molecule has 2 fully saturated rings. The Kier molecular flexibility index (Phi) is 5.79. The van der Waals surface area contributed by atoms with E-state index in [1.807, 2.05) is 0 Å². The highest BCUT2D eigenvalue weighted by Crippen LogP contribution is 2.23. The zero-order valence-electron chi connectivity index (χ0n) is 11.9. The fourth-order valence-corrected chi connectivity index (χ4v) is 2.95. The van der Waals surface area contributed by atoms with Crippen LogP contribution in [-0.4, -0.2) is 43.7 Å². The van der Waals surface area contributed by atoms with Crippen LogP contribution in [-0.2, 0) is 14.3 Å². The van der Waals surface area contributed by atoms with E-state index in [4.69, 9.17) is 10.5 Å². The van der Waals surface area contributed by atoms with E-state index in [1.54, 1.807) is 0 Å². The Morgan fingerprint density at radius 3 is 2.35 bits per heavy atom. The molecule has 0 radical (unpaired) electrons. The number of primary amides is 1. The number of nitrogens with two attached hydrogens (primary N) is 1. The summed E-state index contributed by atoms with van der Waals surface area (Å²) in [5.41, 5.74) is 5.29. The van der Waals surface area contributed by atoms with E-state index < -0.39 is 0 Å². The van der Waals surface area contributed by atoms with Gasteiger partial charge < -0.3 is 21.1 Å². The van der Waals surface area contributed by atoms with E-state index in [2.05, 4.69) is 10.6 Å². The topological polar surface area (TPSA) is 93.5 Å². The van der Waals surface area contributed by atoms with Crippen molar-refractivity contribution in [2.24, 2.45) is 11.7 Å². The van der Waals surface area contributed by atoms with Crippen molar-refractivity contribution in [1.29, 1.82) is 0 Å². The van der Waals surface area contributed by atoms with E-state index in [0.29, 0.717) is 0 Å². The fourth-order valence-electron chi connectivity index (χ4n) is 2.95. The number of carbonyl (C=O) groups excluding carboxylic acids is 2. The molecule has 114 valence electrons. The number of ether oxygens (including phenoxy) is 1. The number of rotatable bonds is 5. The van der Waals surface area contributed by atoms with Gasteiger partial charge >= 0.3 is 0 Å². The summed E-state index contributed by atoms with van der Waals surface area (Å²) in [5, 5.41) is 6.25. The van der Waals surface area contributed by atoms with Crippen LogP contribution in [0.4, 0.5) is 0 Å². The van der Waals surface area contributed by atoms with Crippen molar-refractivity contribution >= 4 is 11.8 Å². The van der Waals surface area contributed by atoms with Crippen molar-refractivity contribution in [2.75, 3.05) is 19.7 Å². The third-order valence-electron chi connectivity index (χ3n) is 4.23. The Hall–Kier alpha value is -1.14. The van der Waals surface area contributed by atoms with Gasteiger partial charge in [0.15, 0.2) is 0 Å². The maximum atomic E-state index is 11.8. The predicted molar refractivity (Wildman–Crippen MR) is 74.9 cm³/mol. The van der Waals surface area contributed by atoms with Gasteiger partial charge in [0.25, 0.3) is 0 Å². The highest BCUT2D eigenvalue weighted by atomic mass is 16.5. The van der Waals surface area contributed by atoms with Gasteiger partial charge in [0.05, 0.1) is 6.10 Å². The van der Waals surface area contributed by atoms with Crippen molar-refractivity contribution < 1.29 is 14.3 Å². The maximum Gasteiger partial charge on any atom is 0.246 e. The average molecular weight is 283 g/mol. The molecule has 0 spiro atoms. The minimum absolute atomic E-state index is 0.0193. The lowest BCUT2D eigenvalue weighted by molar-refractivity contribution is -0.129. The second-order valence-corrected chi connectivity index (χ2v) is 5.78. The van der Waals surface area contributed by atoms with Gasteiger partial charge in [-0.15, -0.1) is 0 Å². The number of piperidine rings is 1. The molecular weight excluding hydrogens is 258 g/mol. The van der Waals surface area contributed by atoms with Crippen LogP contribution in [0.3, 0.4) is 0 Å². The molecule has 1 heterocycles. The molecule has 1 saturated carbocycles. The number of nitrogens with one attached hydrogen (secondary N) is 2. The van der Waals surface area contributed by atoms with Gasteiger partial charge in [-0.25, -0.2) is 0 Å². The van der Waals surface area contributed by atoms with Crippen molar-refractivity contribution in [3.63, 3.8) is 0 Å². The zero-order valence-corrected chi connectivity index (χ0v) is 11.9. The molecule has 2 amide bonds. The van der Waals surface area contributed by atoms with Gasteiger partial charge in [-0.1, -0.05) is 0 Å². The molecule has 1 saturated heterocycles. The highest BCUT2D eigenvalue weighted by molar-refractivity contribution is 5.78. The molecule has 0 bridgehead atoms. The normalized spacial score (nSPS) is 28.0. The molecule has 20 heavy (non-hydrogen) atoms. The summed E-state index contributed by atoms with van der Waals surface area (Å²) in [6, 6.07) is 0.162. The Labute approximate surface area is 119 Å². The van der Waals surface area contributed by atoms with Crippen LogP contribution in [0, 0.1) is 5.92 Å². The molecule has 6 nitrogen and oxygen atoms in total. The lowest BCUT2D eigenvalue weighted by Crippen LogP contribution is -2.42. The SMILES string of the molecule is NC(=O)C1CCC(NC(=O)COC2CCNCC2)CC1. The van der Waals surface area contributed by atoms with E-state index in [9.17, 15) is 9.59 Å². The summed E-state index contributed by atoms with van der Waals surface area (Å²) in [5.74, 6) is -0.288. The van der Waals surface area contributed by atoms with Crippen molar-refractivity contribution in [1.82, 2.24) is 10.6 Å². The minimum Gasteiger partial charge on any atom is -0.369 e. The van der Waals surface area contributed by atoms with Crippen LogP contribution < -0.4 is 16.4 Å². The van der Waals surface area contributed by atoms with Crippen LogP contribution in [0.15, 0.2) is 0 Å². The molecule has 0 atom stereocenters. The van der Waals surface area contributed by atoms with Crippen LogP contribution in [0.25, 0.3) is 0 Å². The van der Waals surface area contributed by atoms with Crippen LogP contribution in [0.5, 0.6) is 0 Å². The molecule has 0 aromatic rings. The van der Waals surface area contributed by atoms with Crippen molar-refractivity contribution in [2.45, 2.75) is 50.7 Å². The summed E-state index contributed by atoms with van der Waals surface area (Å²) in [4.78, 5) is 22.9. The average Bonchev–Trinajstić information content (AvgIpc) is 2.47. The van der Waals surface area contributed by atoms with Gasteiger partial charge in [0, 0.05) is 12.0 Å². The fraction of sp³-hybridized carbons (Fsp3) is 0.857. The van der Waals surface area contributed by atoms with Crippen LogP contribution >= 0.6 is 0 Å². The molecule has 4 N–H and O–H groups in total. The summed E-state index contributed by atoms with van der Waals surface area (Å²) < 4.78 is 5.62. The number of hydrogen-bond acceptors (Lipinski definition) is 4. The van der Waals surface area contributed by atoms with Gasteiger partial charge in [-0.3, -0.25) is 9.59 Å². The second kappa shape index (κ2) is 7.59.